The van der Waals surface area contributed by atoms with Gasteiger partial charge in [0.05, 0.1) is 11.9 Å². The van der Waals surface area contributed by atoms with E-state index >= 15 is 0 Å². The van der Waals surface area contributed by atoms with E-state index in [4.69, 9.17) is 0 Å². The molecule has 90 valence electrons. The maximum atomic E-state index is 12.8. The largest absolute Gasteiger partial charge is 0.392 e. The van der Waals surface area contributed by atoms with Gasteiger partial charge in [-0.05, 0) is 24.1 Å². The van der Waals surface area contributed by atoms with E-state index in [0.717, 1.165) is 18.4 Å². The first kappa shape index (κ1) is 13.1. The number of aliphatic hydroxyl groups excluding tert-OH is 1. The normalized spacial score (nSPS) is 13.8. The van der Waals surface area contributed by atoms with Crippen LogP contribution in [0.5, 0.6) is 0 Å². The van der Waals surface area contributed by atoms with Crippen LogP contribution in [0.3, 0.4) is 0 Å². The Morgan fingerprint density at radius 3 is 2.19 bits per heavy atom. The number of sulfone groups is 1. The van der Waals surface area contributed by atoms with E-state index in [9.17, 15) is 22.3 Å². The summed E-state index contributed by atoms with van der Waals surface area (Å²) in [6.07, 6.45) is -0.263. The molecule has 0 spiro atoms. The van der Waals surface area contributed by atoms with E-state index in [2.05, 4.69) is 0 Å². The van der Waals surface area contributed by atoms with Gasteiger partial charge in [0.2, 0.25) is 0 Å². The van der Waals surface area contributed by atoms with Crippen molar-refractivity contribution in [3.63, 3.8) is 0 Å². The van der Waals surface area contributed by atoms with E-state index in [1.807, 2.05) is 0 Å². The highest BCUT2D eigenvalue weighted by molar-refractivity contribution is 7.90. The zero-order valence-electron chi connectivity index (χ0n) is 8.65. The minimum absolute atomic E-state index is 0.0955. The zero-order chi connectivity index (χ0) is 12.3. The fraction of sp³-hybridized carbons (Fsp3) is 0.400. The van der Waals surface area contributed by atoms with Gasteiger partial charge in [-0.2, -0.15) is 0 Å². The highest BCUT2D eigenvalue weighted by Gasteiger charge is 2.13. The Hall–Kier alpha value is -1.01. The minimum atomic E-state index is -3.30. The van der Waals surface area contributed by atoms with Crippen LogP contribution < -0.4 is 0 Å². The monoisotopic (exact) mass is 250 g/mol. The third-order valence-electron chi connectivity index (χ3n) is 1.89. The first-order valence-electron chi connectivity index (χ1n) is 4.57. The van der Waals surface area contributed by atoms with Crippen molar-refractivity contribution in [2.75, 3.05) is 12.0 Å². The van der Waals surface area contributed by atoms with Crippen molar-refractivity contribution in [3.05, 3.63) is 35.4 Å². The molecular weight excluding hydrogens is 238 g/mol. The molecule has 1 unspecified atom stereocenters. The number of benzene rings is 1. The van der Waals surface area contributed by atoms with Crippen LogP contribution in [0.4, 0.5) is 8.78 Å². The molecule has 0 bridgehead atoms. The molecule has 1 aromatic carbocycles. The average molecular weight is 250 g/mol. The molecule has 0 fully saturated rings. The number of rotatable bonds is 4. The Morgan fingerprint density at radius 2 is 1.75 bits per heavy atom. The fourth-order valence-corrected chi connectivity index (χ4v) is 2.23. The topological polar surface area (TPSA) is 54.4 Å². The van der Waals surface area contributed by atoms with Gasteiger partial charge in [0.15, 0.2) is 0 Å². The molecule has 1 rings (SSSR count). The highest BCUT2D eigenvalue weighted by atomic mass is 32.2. The molecular formula is C10H12F2O3S. The molecule has 0 amide bonds. The molecule has 0 radical (unpaired) electrons. The SMILES string of the molecule is CS(=O)(=O)CC(O)Cc1cc(F)cc(F)c1. The van der Waals surface area contributed by atoms with Gasteiger partial charge in [-0.15, -0.1) is 0 Å². The third kappa shape index (κ3) is 4.67. The summed E-state index contributed by atoms with van der Waals surface area (Å²) in [5.74, 6) is -1.92. The summed E-state index contributed by atoms with van der Waals surface area (Å²) in [5, 5.41) is 9.40. The lowest BCUT2D eigenvalue weighted by Crippen LogP contribution is -2.22. The average Bonchev–Trinajstić information content (AvgIpc) is 1.96. The van der Waals surface area contributed by atoms with Crippen molar-refractivity contribution in [2.45, 2.75) is 12.5 Å². The van der Waals surface area contributed by atoms with Gasteiger partial charge < -0.3 is 5.11 Å². The van der Waals surface area contributed by atoms with Crippen LogP contribution in [-0.2, 0) is 16.3 Å². The van der Waals surface area contributed by atoms with Crippen molar-refractivity contribution in [3.8, 4) is 0 Å². The molecule has 1 aromatic rings. The van der Waals surface area contributed by atoms with Gasteiger partial charge in [0.1, 0.15) is 21.5 Å². The Labute approximate surface area is 92.6 Å². The van der Waals surface area contributed by atoms with Crippen LogP contribution in [0.1, 0.15) is 5.56 Å². The first-order valence-corrected chi connectivity index (χ1v) is 6.63. The van der Waals surface area contributed by atoms with Gasteiger partial charge in [-0.25, -0.2) is 17.2 Å². The zero-order valence-corrected chi connectivity index (χ0v) is 9.47. The maximum Gasteiger partial charge on any atom is 0.150 e. The van der Waals surface area contributed by atoms with Gasteiger partial charge in [0, 0.05) is 12.3 Å². The van der Waals surface area contributed by atoms with E-state index in [1.54, 1.807) is 0 Å². The second-order valence-electron chi connectivity index (χ2n) is 3.73. The number of halogens is 2. The lowest BCUT2D eigenvalue weighted by molar-refractivity contribution is 0.198. The summed E-state index contributed by atoms with van der Waals surface area (Å²) in [7, 11) is -3.30. The molecule has 1 atom stereocenters. The smallest absolute Gasteiger partial charge is 0.150 e. The summed E-state index contributed by atoms with van der Waals surface area (Å²) in [4.78, 5) is 0. The molecule has 0 aliphatic carbocycles. The van der Waals surface area contributed by atoms with Crippen LogP contribution in [0.2, 0.25) is 0 Å². The molecule has 6 heteroatoms. The molecule has 0 saturated carbocycles. The van der Waals surface area contributed by atoms with Crippen LogP contribution in [0.25, 0.3) is 0 Å². The number of hydrogen-bond acceptors (Lipinski definition) is 3. The van der Waals surface area contributed by atoms with Crippen molar-refractivity contribution in [1.29, 1.82) is 0 Å². The van der Waals surface area contributed by atoms with Crippen LogP contribution >= 0.6 is 0 Å². The molecule has 0 heterocycles. The van der Waals surface area contributed by atoms with E-state index < -0.39 is 33.3 Å². The Balaban J connectivity index is 2.73. The van der Waals surface area contributed by atoms with Gasteiger partial charge in [0.25, 0.3) is 0 Å². The van der Waals surface area contributed by atoms with Gasteiger partial charge >= 0.3 is 0 Å². The number of hydrogen-bond donors (Lipinski definition) is 1. The second kappa shape index (κ2) is 4.88. The number of aliphatic hydroxyl groups is 1. The van der Waals surface area contributed by atoms with Crippen LogP contribution in [0.15, 0.2) is 18.2 Å². The Kier molecular flexibility index (Phi) is 3.98. The second-order valence-corrected chi connectivity index (χ2v) is 5.91. The Bertz CT molecular complexity index is 451. The summed E-state index contributed by atoms with van der Waals surface area (Å²) in [6, 6.07) is 2.84. The van der Waals surface area contributed by atoms with Crippen molar-refractivity contribution >= 4 is 9.84 Å². The van der Waals surface area contributed by atoms with Gasteiger partial charge in [-0.1, -0.05) is 0 Å². The van der Waals surface area contributed by atoms with E-state index in [1.165, 1.54) is 0 Å². The van der Waals surface area contributed by atoms with E-state index in [-0.39, 0.29) is 12.0 Å². The van der Waals surface area contributed by atoms with Gasteiger partial charge in [-0.3, -0.25) is 0 Å². The summed E-state index contributed by atoms with van der Waals surface area (Å²) in [5.41, 5.74) is 0.230. The molecule has 0 aliphatic heterocycles. The van der Waals surface area contributed by atoms with Crippen LogP contribution in [-0.4, -0.2) is 31.6 Å². The molecule has 0 saturated heterocycles. The highest BCUT2D eigenvalue weighted by Crippen LogP contribution is 2.10. The lowest BCUT2D eigenvalue weighted by Gasteiger charge is -2.09. The quantitative estimate of drug-likeness (QED) is 0.864. The maximum absolute atomic E-state index is 12.8. The summed E-state index contributed by atoms with van der Waals surface area (Å²) in [6.45, 7) is 0. The predicted molar refractivity (Wildman–Crippen MR) is 55.8 cm³/mol. The molecule has 1 N–H and O–H groups in total. The van der Waals surface area contributed by atoms with Crippen molar-refractivity contribution in [1.82, 2.24) is 0 Å². The summed E-state index contributed by atoms with van der Waals surface area (Å²) >= 11 is 0. The standard InChI is InChI=1S/C10H12F2O3S/c1-16(14,15)6-10(13)4-7-2-8(11)5-9(12)3-7/h2-3,5,10,13H,4,6H2,1H3. The molecule has 3 nitrogen and oxygen atoms in total. The van der Waals surface area contributed by atoms with E-state index in [0.29, 0.717) is 6.07 Å². The molecule has 0 aromatic heterocycles. The third-order valence-corrected chi connectivity index (χ3v) is 2.88. The lowest BCUT2D eigenvalue weighted by atomic mass is 10.1. The van der Waals surface area contributed by atoms with Crippen molar-refractivity contribution in [2.24, 2.45) is 0 Å². The predicted octanol–water partition coefficient (Wildman–Crippen LogP) is 0.913. The molecule has 16 heavy (non-hydrogen) atoms. The minimum Gasteiger partial charge on any atom is -0.392 e. The fourth-order valence-electron chi connectivity index (χ4n) is 1.41. The van der Waals surface area contributed by atoms with Crippen molar-refractivity contribution < 1.29 is 22.3 Å². The first-order chi connectivity index (χ1) is 7.26. The Morgan fingerprint density at radius 1 is 1.25 bits per heavy atom. The summed E-state index contributed by atoms with van der Waals surface area (Å²) < 4.78 is 47.3. The molecule has 0 aliphatic rings. The van der Waals surface area contributed by atoms with Crippen LogP contribution in [0, 0.1) is 11.6 Å².